The van der Waals surface area contributed by atoms with Gasteiger partial charge in [-0.15, -0.1) is 0 Å². The molecule has 1 aromatic carbocycles. The zero-order valence-corrected chi connectivity index (χ0v) is 9.91. The third-order valence-electron chi connectivity index (χ3n) is 2.35. The largest absolute Gasteiger partial charge is 0.466 e. The number of carbonyl (C=O) groups is 1. The fourth-order valence-corrected chi connectivity index (χ4v) is 1.42. The summed E-state index contributed by atoms with van der Waals surface area (Å²) >= 11 is 0. The minimum atomic E-state index is -0.370. The Morgan fingerprint density at radius 1 is 1.17 bits per heavy atom. The van der Waals surface area contributed by atoms with Gasteiger partial charge >= 0.3 is 5.97 Å². The zero-order chi connectivity index (χ0) is 12.8. The maximum atomic E-state index is 10.9. The number of nitrogens with zero attached hydrogens (tertiary/aromatic N) is 2. The van der Waals surface area contributed by atoms with Crippen LogP contribution >= 0.6 is 0 Å². The predicted octanol–water partition coefficient (Wildman–Crippen LogP) is 2.33. The second-order valence-electron chi connectivity index (χ2n) is 3.55. The van der Waals surface area contributed by atoms with Gasteiger partial charge in [0.2, 0.25) is 0 Å². The SMILES string of the molecule is COC(=O)/C=C/c1ccc(-c2ncccn2)cc1. The van der Waals surface area contributed by atoms with Gasteiger partial charge in [-0.25, -0.2) is 14.8 Å². The van der Waals surface area contributed by atoms with Crippen molar-refractivity contribution in [1.29, 1.82) is 0 Å². The Labute approximate surface area is 105 Å². The molecule has 0 radical (unpaired) electrons. The molecule has 0 saturated heterocycles. The van der Waals surface area contributed by atoms with Crippen LogP contribution in [0.25, 0.3) is 17.5 Å². The molecular weight excluding hydrogens is 228 g/mol. The number of carbonyl (C=O) groups excluding carboxylic acids is 1. The quantitative estimate of drug-likeness (QED) is 0.610. The molecule has 0 N–H and O–H groups in total. The van der Waals surface area contributed by atoms with Crippen LogP contribution in [0.5, 0.6) is 0 Å². The summed E-state index contributed by atoms with van der Waals surface area (Å²) in [5.41, 5.74) is 1.85. The molecule has 4 heteroatoms. The van der Waals surface area contributed by atoms with Crippen molar-refractivity contribution < 1.29 is 9.53 Å². The average Bonchev–Trinajstić information content (AvgIpc) is 2.46. The van der Waals surface area contributed by atoms with Crippen molar-refractivity contribution in [2.75, 3.05) is 7.11 Å². The summed E-state index contributed by atoms with van der Waals surface area (Å²) in [6.45, 7) is 0. The van der Waals surface area contributed by atoms with Crippen LogP contribution < -0.4 is 0 Å². The first-order chi connectivity index (χ1) is 8.79. The summed E-state index contributed by atoms with van der Waals surface area (Å²) < 4.78 is 4.52. The van der Waals surface area contributed by atoms with Gasteiger partial charge in [-0.3, -0.25) is 0 Å². The molecule has 2 aromatic rings. The molecule has 0 aliphatic carbocycles. The molecule has 0 bridgehead atoms. The average molecular weight is 240 g/mol. The van der Waals surface area contributed by atoms with Gasteiger partial charge in [0.25, 0.3) is 0 Å². The first-order valence-corrected chi connectivity index (χ1v) is 5.43. The minimum absolute atomic E-state index is 0.370. The molecular formula is C14H12N2O2. The molecule has 0 unspecified atom stereocenters. The Morgan fingerprint density at radius 2 is 1.83 bits per heavy atom. The smallest absolute Gasteiger partial charge is 0.330 e. The van der Waals surface area contributed by atoms with E-state index in [1.54, 1.807) is 24.5 Å². The van der Waals surface area contributed by atoms with E-state index in [2.05, 4.69) is 14.7 Å². The standard InChI is InChI=1S/C14H12N2O2/c1-18-13(17)8-5-11-3-6-12(7-4-11)14-15-9-2-10-16-14/h2-10H,1H3/b8-5+. The van der Waals surface area contributed by atoms with Crippen molar-refractivity contribution in [3.8, 4) is 11.4 Å². The molecule has 4 nitrogen and oxygen atoms in total. The first kappa shape index (κ1) is 12.0. The molecule has 0 atom stereocenters. The van der Waals surface area contributed by atoms with Crippen LogP contribution in [0.2, 0.25) is 0 Å². The highest BCUT2D eigenvalue weighted by Crippen LogP contribution is 2.15. The predicted molar refractivity (Wildman–Crippen MR) is 68.5 cm³/mol. The molecule has 18 heavy (non-hydrogen) atoms. The lowest BCUT2D eigenvalue weighted by molar-refractivity contribution is -0.134. The number of methoxy groups -OCH3 is 1. The van der Waals surface area contributed by atoms with E-state index in [0.29, 0.717) is 5.82 Å². The van der Waals surface area contributed by atoms with Crippen molar-refractivity contribution in [3.05, 3.63) is 54.4 Å². The van der Waals surface area contributed by atoms with Gasteiger partial charge in [0.15, 0.2) is 5.82 Å². The summed E-state index contributed by atoms with van der Waals surface area (Å²) in [6.07, 6.45) is 6.48. The van der Waals surface area contributed by atoms with E-state index >= 15 is 0 Å². The summed E-state index contributed by atoms with van der Waals surface area (Å²) in [6, 6.07) is 9.38. The van der Waals surface area contributed by atoms with Gasteiger partial charge in [0, 0.05) is 24.0 Å². The van der Waals surface area contributed by atoms with E-state index in [-0.39, 0.29) is 5.97 Å². The molecule has 0 spiro atoms. The zero-order valence-electron chi connectivity index (χ0n) is 9.91. The van der Waals surface area contributed by atoms with E-state index in [4.69, 9.17) is 0 Å². The first-order valence-electron chi connectivity index (χ1n) is 5.43. The molecule has 0 aliphatic rings. The number of ether oxygens (including phenoxy) is 1. The minimum Gasteiger partial charge on any atom is -0.466 e. The van der Waals surface area contributed by atoms with Crippen LogP contribution in [-0.2, 0) is 9.53 Å². The summed E-state index contributed by atoms with van der Waals surface area (Å²) in [7, 11) is 1.35. The molecule has 1 aromatic heterocycles. The Kier molecular flexibility index (Phi) is 3.81. The van der Waals surface area contributed by atoms with Crippen LogP contribution in [0.1, 0.15) is 5.56 Å². The van der Waals surface area contributed by atoms with Crippen LogP contribution in [0.4, 0.5) is 0 Å². The Morgan fingerprint density at radius 3 is 2.44 bits per heavy atom. The molecule has 1 heterocycles. The van der Waals surface area contributed by atoms with Gasteiger partial charge < -0.3 is 4.74 Å². The molecule has 0 amide bonds. The third-order valence-corrected chi connectivity index (χ3v) is 2.35. The monoisotopic (exact) mass is 240 g/mol. The second-order valence-corrected chi connectivity index (χ2v) is 3.55. The summed E-state index contributed by atoms with van der Waals surface area (Å²) in [5.74, 6) is 0.312. The van der Waals surface area contributed by atoms with E-state index in [9.17, 15) is 4.79 Å². The summed E-state index contributed by atoms with van der Waals surface area (Å²) in [4.78, 5) is 19.3. The van der Waals surface area contributed by atoms with Gasteiger partial charge in [-0.1, -0.05) is 24.3 Å². The van der Waals surface area contributed by atoms with E-state index in [1.807, 2.05) is 24.3 Å². The van der Waals surface area contributed by atoms with Crippen molar-refractivity contribution >= 4 is 12.0 Å². The number of benzene rings is 1. The highest BCUT2D eigenvalue weighted by atomic mass is 16.5. The van der Waals surface area contributed by atoms with E-state index in [0.717, 1.165) is 11.1 Å². The highest BCUT2D eigenvalue weighted by molar-refractivity contribution is 5.87. The Balaban J connectivity index is 2.16. The number of hydrogen-bond acceptors (Lipinski definition) is 4. The molecule has 0 fully saturated rings. The summed E-state index contributed by atoms with van der Waals surface area (Å²) in [5, 5.41) is 0. The molecule has 90 valence electrons. The third kappa shape index (κ3) is 3.01. The maximum Gasteiger partial charge on any atom is 0.330 e. The number of rotatable bonds is 3. The fraction of sp³-hybridized carbons (Fsp3) is 0.0714. The number of aromatic nitrogens is 2. The molecule has 2 rings (SSSR count). The van der Waals surface area contributed by atoms with Gasteiger partial charge in [0.05, 0.1) is 7.11 Å². The molecule has 0 saturated carbocycles. The Hall–Kier alpha value is -2.49. The Bertz CT molecular complexity index is 548. The van der Waals surface area contributed by atoms with Crippen LogP contribution in [0.3, 0.4) is 0 Å². The lowest BCUT2D eigenvalue weighted by Gasteiger charge is -1.99. The van der Waals surface area contributed by atoms with Gasteiger partial charge in [-0.2, -0.15) is 0 Å². The van der Waals surface area contributed by atoms with Gasteiger partial charge in [0.1, 0.15) is 0 Å². The number of hydrogen-bond donors (Lipinski definition) is 0. The lowest BCUT2D eigenvalue weighted by Crippen LogP contribution is -1.93. The van der Waals surface area contributed by atoms with Crippen LogP contribution in [-0.4, -0.2) is 23.0 Å². The molecule has 0 aliphatic heterocycles. The van der Waals surface area contributed by atoms with Crippen molar-refractivity contribution in [1.82, 2.24) is 9.97 Å². The fourth-order valence-electron chi connectivity index (χ4n) is 1.42. The normalized spacial score (nSPS) is 10.5. The number of esters is 1. The maximum absolute atomic E-state index is 10.9. The highest BCUT2D eigenvalue weighted by Gasteiger charge is 1.99. The van der Waals surface area contributed by atoms with E-state index < -0.39 is 0 Å². The van der Waals surface area contributed by atoms with Crippen molar-refractivity contribution in [3.63, 3.8) is 0 Å². The van der Waals surface area contributed by atoms with E-state index in [1.165, 1.54) is 13.2 Å². The second kappa shape index (κ2) is 5.72. The topological polar surface area (TPSA) is 52.1 Å². The van der Waals surface area contributed by atoms with Crippen molar-refractivity contribution in [2.24, 2.45) is 0 Å². The van der Waals surface area contributed by atoms with Gasteiger partial charge in [-0.05, 0) is 17.7 Å². The van der Waals surface area contributed by atoms with Crippen molar-refractivity contribution in [2.45, 2.75) is 0 Å². The van der Waals surface area contributed by atoms with Crippen LogP contribution in [0.15, 0.2) is 48.8 Å². The van der Waals surface area contributed by atoms with Crippen LogP contribution in [0, 0.1) is 0 Å². The lowest BCUT2D eigenvalue weighted by atomic mass is 10.1.